The molecule has 7 nitrogen and oxygen atoms in total. The first kappa shape index (κ1) is 15.3. The van der Waals surface area contributed by atoms with Gasteiger partial charge in [-0.25, -0.2) is 0 Å². The number of carbonyl (C=O) groups excluding carboxylic acids is 1. The molecule has 0 unspecified atom stereocenters. The molecule has 1 saturated carbocycles. The third-order valence-corrected chi connectivity index (χ3v) is 3.87. The van der Waals surface area contributed by atoms with E-state index in [9.17, 15) is 14.9 Å². The van der Waals surface area contributed by atoms with Gasteiger partial charge in [0.25, 0.3) is 11.6 Å². The Bertz CT molecular complexity index is 677. The van der Waals surface area contributed by atoms with Gasteiger partial charge in [0.05, 0.1) is 16.3 Å². The lowest BCUT2D eigenvalue weighted by Crippen LogP contribution is -2.28. The molecule has 1 aromatic carbocycles. The van der Waals surface area contributed by atoms with E-state index in [4.69, 9.17) is 0 Å². The van der Waals surface area contributed by atoms with Crippen LogP contribution in [0.15, 0.2) is 34.4 Å². The molecule has 120 valence electrons. The Morgan fingerprint density at radius 1 is 1.39 bits per heavy atom. The molecule has 1 fully saturated rings. The van der Waals surface area contributed by atoms with Crippen LogP contribution in [0.4, 0.5) is 11.4 Å². The van der Waals surface area contributed by atoms with E-state index in [2.05, 4.69) is 10.1 Å². The van der Waals surface area contributed by atoms with Gasteiger partial charge in [0, 0.05) is 24.4 Å². The number of hydrazone groups is 1. The number of nitrogens with zero attached hydrogens (tertiary/aromatic N) is 4. The number of rotatable bonds is 6. The largest absolute Gasteiger partial charge is 0.293 e. The zero-order valence-corrected chi connectivity index (χ0v) is 12.9. The van der Waals surface area contributed by atoms with Gasteiger partial charge in [-0.3, -0.25) is 19.9 Å². The third-order valence-electron chi connectivity index (χ3n) is 3.87. The van der Waals surface area contributed by atoms with Crippen molar-refractivity contribution in [1.29, 1.82) is 0 Å². The smallest absolute Gasteiger partial charge is 0.269 e. The first-order chi connectivity index (χ1) is 11.1. The molecule has 23 heavy (non-hydrogen) atoms. The molecule has 0 radical (unpaired) electrons. The molecule has 1 amide bonds. The zero-order chi connectivity index (χ0) is 16.4. The number of hydrogen-bond acceptors (Lipinski definition) is 5. The second kappa shape index (κ2) is 6.28. The van der Waals surface area contributed by atoms with Crippen LogP contribution in [0.25, 0.3) is 0 Å². The molecule has 0 aromatic heterocycles. The van der Waals surface area contributed by atoms with Gasteiger partial charge < -0.3 is 0 Å². The predicted octanol–water partition coefficient (Wildman–Crippen LogP) is 2.95. The average Bonchev–Trinajstić information content (AvgIpc) is 3.31. The van der Waals surface area contributed by atoms with Gasteiger partial charge in [0.15, 0.2) is 0 Å². The van der Waals surface area contributed by atoms with Crippen molar-refractivity contribution in [2.45, 2.75) is 38.6 Å². The van der Waals surface area contributed by atoms with Crippen molar-refractivity contribution in [1.82, 2.24) is 0 Å². The Kier molecular flexibility index (Phi) is 4.18. The van der Waals surface area contributed by atoms with E-state index in [1.165, 1.54) is 17.1 Å². The van der Waals surface area contributed by atoms with Crippen molar-refractivity contribution in [3.63, 3.8) is 0 Å². The zero-order valence-electron chi connectivity index (χ0n) is 12.9. The highest BCUT2D eigenvalue weighted by Gasteiger charge is 2.35. The Hall–Kier alpha value is -2.57. The third kappa shape index (κ3) is 3.28. The van der Waals surface area contributed by atoms with Crippen LogP contribution in [0, 0.1) is 16.0 Å². The lowest BCUT2D eigenvalue weighted by molar-refractivity contribution is -0.384. The minimum atomic E-state index is -0.466. The Labute approximate surface area is 133 Å². The summed E-state index contributed by atoms with van der Waals surface area (Å²) in [4.78, 5) is 27.3. The molecular weight excluding hydrogens is 296 g/mol. The number of benzene rings is 1. The highest BCUT2D eigenvalue weighted by atomic mass is 16.6. The van der Waals surface area contributed by atoms with Crippen LogP contribution in [-0.4, -0.2) is 28.8 Å². The van der Waals surface area contributed by atoms with Crippen molar-refractivity contribution < 1.29 is 9.72 Å². The Morgan fingerprint density at radius 3 is 2.65 bits per heavy atom. The van der Waals surface area contributed by atoms with Gasteiger partial charge in [0.2, 0.25) is 0 Å². The predicted molar refractivity (Wildman–Crippen MR) is 87.9 cm³/mol. The maximum Gasteiger partial charge on any atom is 0.269 e. The highest BCUT2D eigenvalue weighted by Crippen LogP contribution is 2.28. The van der Waals surface area contributed by atoms with Crippen LogP contribution in [0.1, 0.15) is 32.6 Å². The molecule has 0 saturated heterocycles. The van der Waals surface area contributed by atoms with E-state index in [1.807, 2.05) is 6.92 Å². The number of amides is 1. The van der Waals surface area contributed by atoms with Crippen LogP contribution < -0.4 is 5.01 Å². The average molecular weight is 314 g/mol. The standard InChI is InChI=1S/C16H18N4O3/c1-2-3-15-14(10-17-11-4-5-11)16(21)19(18-15)12-6-8-13(9-7-12)20(22)23/h6-11,14H,2-5H2,1H3/t14-/m1/s1. The molecule has 1 atom stereocenters. The lowest BCUT2D eigenvalue weighted by atomic mass is 10.0. The molecule has 7 heteroatoms. The maximum atomic E-state index is 12.6. The van der Waals surface area contributed by atoms with Gasteiger partial charge >= 0.3 is 0 Å². The van der Waals surface area contributed by atoms with Crippen molar-refractivity contribution in [2.24, 2.45) is 16.0 Å². The van der Waals surface area contributed by atoms with Crippen LogP contribution >= 0.6 is 0 Å². The first-order valence-corrected chi connectivity index (χ1v) is 7.79. The minimum Gasteiger partial charge on any atom is -0.293 e. The van der Waals surface area contributed by atoms with Crippen LogP contribution in [-0.2, 0) is 4.79 Å². The summed E-state index contributed by atoms with van der Waals surface area (Å²) in [6.45, 7) is 2.04. The second-order valence-electron chi connectivity index (χ2n) is 5.77. The molecule has 1 aromatic rings. The number of aliphatic imine (C=N–C) groups is 1. The summed E-state index contributed by atoms with van der Waals surface area (Å²) in [7, 11) is 0. The summed E-state index contributed by atoms with van der Waals surface area (Å²) < 4.78 is 0. The van der Waals surface area contributed by atoms with Crippen LogP contribution in [0.3, 0.4) is 0 Å². The van der Waals surface area contributed by atoms with Gasteiger partial charge in [-0.05, 0) is 31.4 Å². The van der Waals surface area contributed by atoms with Crippen LogP contribution in [0.5, 0.6) is 0 Å². The second-order valence-corrected chi connectivity index (χ2v) is 5.77. The number of hydrogen-bond donors (Lipinski definition) is 0. The topological polar surface area (TPSA) is 88.2 Å². The number of nitro benzene ring substituents is 1. The number of anilines is 1. The fourth-order valence-corrected chi connectivity index (χ4v) is 2.46. The van der Waals surface area contributed by atoms with Crippen molar-refractivity contribution in [3.8, 4) is 0 Å². The van der Waals surface area contributed by atoms with E-state index in [0.29, 0.717) is 11.7 Å². The molecule has 0 bridgehead atoms. The normalized spacial score (nSPS) is 21.1. The van der Waals surface area contributed by atoms with E-state index in [0.717, 1.165) is 31.4 Å². The summed E-state index contributed by atoms with van der Waals surface area (Å²) in [5.74, 6) is -0.558. The molecule has 1 aliphatic carbocycles. The van der Waals surface area contributed by atoms with Crippen LogP contribution in [0.2, 0.25) is 0 Å². The lowest BCUT2D eigenvalue weighted by Gasteiger charge is -2.12. The van der Waals surface area contributed by atoms with Gasteiger partial charge in [-0.2, -0.15) is 10.1 Å². The molecular formula is C16H18N4O3. The van der Waals surface area contributed by atoms with Crippen molar-refractivity contribution in [3.05, 3.63) is 34.4 Å². The minimum absolute atomic E-state index is 0.00926. The molecule has 2 aliphatic rings. The highest BCUT2D eigenvalue weighted by molar-refractivity contribution is 6.24. The number of non-ortho nitro benzene ring substituents is 1. The van der Waals surface area contributed by atoms with Crippen molar-refractivity contribution in [2.75, 3.05) is 5.01 Å². The van der Waals surface area contributed by atoms with E-state index >= 15 is 0 Å². The maximum absolute atomic E-state index is 12.6. The quantitative estimate of drug-likeness (QED) is 0.459. The SMILES string of the molecule is CCCC1=NN(c2ccc([N+](=O)[O-])cc2)C(=O)[C@@H]1C=NC1CC1. The fraction of sp³-hybridized carbons (Fsp3) is 0.438. The number of carbonyl (C=O) groups is 1. The Balaban J connectivity index is 1.83. The summed E-state index contributed by atoms with van der Waals surface area (Å²) in [6.07, 6.45) is 5.53. The summed E-state index contributed by atoms with van der Waals surface area (Å²) in [6, 6.07) is 6.21. The summed E-state index contributed by atoms with van der Waals surface area (Å²) in [5.41, 5.74) is 1.33. The summed E-state index contributed by atoms with van der Waals surface area (Å²) in [5, 5.41) is 16.5. The molecule has 1 aliphatic heterocycles. The molecule has 0 spiro atoms. The molecule has 1 heterocycles. The van der Waals surface area contributed by atoms with Gasteiger partial charge in [-0.15, -0.1) is 0 Å². The number of nitro groups is 1. The molecule has 3 rings (SSSR count). The van der Waals surface area contributed by atoms with Gasteiger partial charge in [0.1, 0.15) is 5.92 Å². The first-order valence-electron chi connectivity index (χ1n) is 7.79. The van der Waals surface area contributed by atoms with Gasteiger partial charge in [-0.1, -0.05) is 13.3 Å². The summed E-state index contributed by atoms with van der Waals surface area (Å²) >= 11 is 0. The van der Waals surface area contributed by atoms with E-state index in [-0.39, 0.29) is 11.6 Å². The van der Waals surface area contributed by atoms with E-state index in [1.54, 1.807) is 18.3 Å². The van der Waals surface area contributed by atoms with E-state index < -0.39 is 10.8 Å². The Morgan fingerprint density at radius 2 is 2.09 bits per heavy atom. The monoisotopic (exact) mass is 314 g/mol. The molecule has 0 N–H and O–H groups in total. The van der Waals surface area contributed by atoms with Crippen molar-refractivity contribution >= 4 is 29.2 Å². The fourth-order valence-electron chi connectivity index (χ4n) is 2.46.